The Morgan fingerprint density at radius 3 is 2.10 bits per heavy atom. The van der Waals surface area contributed by atoms with Crippen LogP contribution in [-0.2, 0) is 9.84 Å². The summed E-state index contributed by atoms with van der Waals surface area (Å²) in [6.07, 6.45) is 0. The van der Waals surface area contributed by atoms with E-state index in [4.69, 9.17) is 0 Å². The second kappa shape index (κ2) is 5.07. The second-order valence-corrected chi connectivity index (χ2v) is 7.15. The van der Waals surface area contributed by atoms with Crippen LogP contribution in [0.25, 0.3) is 0 Å². The summed E-state index contributed by atoms with van der Waals surface area (Å²) in [5.41, 5.74) is 2.27. The van der Waals surface area contributed by atoms with E-state index in [-0.39, 0.29) is 21.3 Å². The Kier molecular flexibility index (Phi) is 3.72. The van der Waals surface area contributed by atoms with Crippen molar-refractivity contribution >= 4 is 9.84 Å². The molecule has 4 nitrogen and oxygen atoms in total. The van der Waals surface area contributed by atoms with Crippen LogP contribution in [0.5, 0.6) is 11.5 Å². The summed E-state index contributed by atoms with van der Waals surface area (Å²) >= 11 is 0. The molecular formula is C16H18O4S. The first kappa shape index (κ1) is 15.4. The summed E-state index contributed by atoms with van der Waals surface area (Å²) in [6.45, 7) is 6.74. The van der Waals surface area contributed by atoms with E-state index < -0.39 is 9.84 Å². The van der Waals surface area contributed by atoms with Crippen molar-refractivity contribution in [3.05, 3.63) is 46.5 Å². The summed E-state index contributed by atoms with van der Waals surface area (Å²) in [6, 6.07) is 5.90. The average molecular weight is 306 g/mol. The highest BCUT2D eigenvalue weighted by Crippen LogP contribution is 2.35. The van der Waals surface area contributed by atoms with Crippen molar-refractivity contribution in [1.29, 1.82) is 0 Å². The van der Waals surface area contributed by atoms with Gasteiger partial charge in [-0.25, -0.2) is 8.42 Å². The smallest absolute Gasteiger partial charge is 0.210 e. The second-order valence-electron chi connectivity index (χ2n) is 5.26. The molecule has 5 heteroatoms. The lowest BCUT2D eigenvalue weighted by atomic mass is 10.1. The molecule has 0 amide bonds. The number of sulfone groups is 1. The number of phenols is 2. The van der Waals surface area contributed by atoms with Gasteiger partial charge in [0.2, 0.25) is 9.84 Å². The first-order valence-corrected chi connectivity index (χ1v) is 7.99. The summed E-state index contributed by atoms with van der Waals surface area (Å²) in [7, 11) is -3.85. The molecule has 0 aliphatic carbocycles. The van der Waals surface area contributed by atoms with Gasteiger partial charge in [0.05, 0.1) is 4.90 Å². The minimum atomic E-state index is -3.85. The van der Waals surface area contributed by atoms with Crippen LogP contribution in [0, 0.1) is 27.7 Å². The van der Waals surface area contributed by atoms with Gasteiger partial charge in [-0.3, -0.25) is 0 Å². The van der Waals surface area contributed by atoms with E-state index in [1.165, 1.54) is 18.2 Å². The Balaban J connectivity index is 2.78. The maximum Gasteiger partial charge on any atom is 0.210 e. The van der Waals surface area contributed by atoms with Crippen LogP contribution in [0.3, 0.4) is 0 Å². The highest BCUT2D eigenvalue weighted by Gasteiger charge is 2.25. The van der Waals surface area contributed by atoms with E-state index >= 15 is 0 Å². The van der Waals surface area contributed by atoms with Crippen LogP contribution >= 0.6 is 0 Å². The zero-order valence-electron chi connectivity index (χ0n) is 12.4. The van der Waals surface area contributed by atoms with Crippen molar-refractivity contribution in [3.63, 3.8) is 0 Å². The lowest BCUT2D eigenvalue weighted by Crippen LogP contribution is -2.06. The monoisotopic (exact) mass is 306 g/mol. The van der Waals surface area contributed by atoms with Crippen LogP contribution in [-0.4, -0.2) is 18.6 Å². The van der Waals surface area contributed by atoms with Crippen molar-refractivity contribution < 1.29 is 18.6 Å². The topological polar surface area (TPSA) is 74.6 Å². The molecule has 2 N–H and O–H groups in total. The number of phenolic OH excluding ortho intramolecular Hbond substituents is 2. The average Bonchev–Trinajstić information content (AvgIpc) is 2.39. The van der Waals surface area contributed by atoms with Gasteiger partial charge in [-0.1, -0.05) is 6.07 Å². The Morgan fingerprint density at radius 2 is 1.48 bits per heavy atom. The fourth-order valence-corrected chi connectivity index (χ4v) is 4.11. The lowest BCUT2D eigenvalue weighted by molar-refractivity contribution is 0.454. The SMILES string of the molecule is Cc1cc(C)c(O)c(S(=O)(=O)c2ccc(O)c(C)c2C)c1. The maximum atomic E-state index is 12.8. The number of aryl methyl sites for hydroxylation is 2. The van der Waals surface area contributed by atoms with Crippen LogP contribution in [0.1, 0.15) is 22.3 Å². The van der Waals surface area contributed by atoms with Crippen LogP contribution < -0.4 is 0 Å². The molecule has 2 aromatic rings. The molecule has 2 aromatic carbocycles. The largest absolute Gasteiger partial charge is 0.508 e. The molecule has 0 aliphatic heterocycles. The van der Waals surface area contributed by atoms with Crippen molar-refractivity contribution in [2.45, 2.75) is 37.5 Å². The molecule has 0 spiro atoms. The number of rotatable bonds is 2. The lowest BCUT2D eigenvalue weighted by Gasteiger charge is -2.14. The third-order valence-electron chi connectivity index (χ3n) is 3.70. The number of aromatic hydroxyl groups is 2. The standard InChI is InChI=1S/C16H18O4S/c1-9-7-10(2)16(18)15(8-9)21(19,20)14-6-5-13(17)11(3)12(14)4/h5-8,17-18H,1-4H3. The molecule has 0 fully saturated rings. The molecule has 0 unspecified atom stereocenters. The fraction of sp³-hybridized carbons (Fsp3) is 0.250. The van der Waals surface area contributed by atoms with Gasteiger partial charge in [-0.2, -0.15) is 0 Å². The molecular weight excluding hydrogens is 288 g/mol. The van der Waals surface area contributed by atoms with E-state index in [1.54, 1.807) is 33.8 Å². The van der Waals surface area contributed by atoms with E-state index in [2.05, 4.69) is 0 Å². The molecule has 2 rings (SSSR count). The Hall–Kier alpha value is -2.01. The zero-order chi connectivity index (χ0) is 15.9. The zero-order valence-corrected chi connectivity index (χ0v) is 13.2. The predicted molar refractivity (Wildman–Crippen MR) is 80.6 cm³/mol. The molecule has 0 heterocycles. The van der Waals surface area contributed by atoms with E-state index in [0.717, 1.165) is 5.56 Å². The van der Waals surface area contributed by atoms with Crippen molar-refractivity contribution in [3.8, 4) is 11.5 Å². The van der Waals surface area contributed by atoms with Gasteiger partial charge in [-0.05, 0) is 68.1 Å². The minimum Gasteiger partial charge on any atom is -0.508 e. The maximum absolute atomic E-state index is 12.8. The molecule has 0 saturated heterocycles. The normalized spacial score (nSPS) is 11.6. The van der Waals surface area contributed by atoms with E-state index in [0.29, 0.717) is 16.7 Å². The van der Waals surface area contributed by atoms with Gasteiger partial charge in [0.1, 0.15) is 16.4 Å². The van der Waals surface area contributed by atoms with Crippen molar-refractivity contribution in [2.24, 2.45) is 0 Å². The van der Waals surface area contributed by atoms with Gasteiger partial charge in [0.25, 0.3) is 0 Å². The van der Waals surface area contributed by atoms with Crippen LogP contribution in [0.2, 0.25) is 0 Å². The Bertz CT molecular complexity index is 821. The highest BCUT2D eigenvalue weighted by atomic mass is 32.2. The number of benzene rings is 2. The predicted octanol–water partition coefficient (Wildman–Crippen LogP) is 3.16. The van der Waals surface area contributed by atoms with Crippen molar-refractivity contribution in [1.82, 2.24) is 0 Å². The third kappa shape index (κ3) is 2.49. The highest BCUT2D eigenvalue weighted by molar-refractivity contribution is 7.91. The quantitative estimate of drug-likeness (QED) is 0.893. The molecule has 0 bridgehead atoms. The van der Waals surface area contributed by atoms with Crippen molar-refractivity contribution in [2.75, 3.05) is 0 Å². The number of hydrogen-bond donors (Lipinski definition) is 2. The molecule has 0 aliphatic rings. The van der Waals surface area contributed by atoms with Gasteiger partial charge in [-0.15, -0.1) is 0 Å². The fourth-order valence-electron chi connectivity index (χ4n) is 2.32. The summed E-state index contributed by atoms with van der Waals surface area (Å²) in [5.74, 6) is -0.179. The van der Waals surface area contributed by atoms with Crippen LogP contribution in [0.4, 0.5) is 0 Å². The minimum absolute atomic E-state index is 0.0519. The van der Waals surface area contributed by atoms with E-state index in [9.17, 15) is 18.6 Å². The van der Waals surface area contributed by atoms with Crippen LogP contribution in [0.15, 0.2) is 34.1 Å². The first-order chi connectivity index (χ1) is 9.66. The molecule has 0 aromatic heterocycles. The summed E-state index contributed by atoms with van der Waals surface area (Å²) in [4.78, 5) is -0.00807. The molecule has 0 saturated carbocycles. The van der Waals surface area contributed by atoms with Gasteiger partial charge >= 0.3 is 0 Å². The van der Waals surface area contributed by atoms with Gasteiger partial charge < -0.3 is 10.2 Å². The van der Waals surface area contributed by atoms with Gasteiger partial charge in [0, 0.05) is 0 Å². The third-order valence-corrected chi connectivity index (χ3v) is 5.61. The molecule has 0 radical (unpaired) electrons. The van der Waals surface area contributed by atoms with E-state index in [1.807, 2.05) is 0 Å². The summed E-state index contributed by atoms with van der Waals surface area (Å²) in [5, 5.41) is 19.8. The Labute approximate surface area is 124 Å². The molecule has 0 atom stereocenters. The number of hydrogen-bond acceptors (Lipinski definition) is 4. The molecule has 112 valence electrons. The summed E-state index contributed by atoms with van der Waals surface area (Å²) < 4.78 is 25.6. The first-order valence-electron chi connectivity index (χ1n) is 6.50. The Morgan fingerprint density at radius 1 is 0.857 bits per heavy atom. The molecule has 21 heavy (non-hydrogen) atoms. The van der Waals surface area contributed by atoms with Gasteiger partial charge in [0.15, 0.2) is 0 Å².